The summed E-state index contributed by atoms with van der Waals surface area (Å²) in [6.07, 6.45) is -0.00761. The second-order valence-electron chi connectivity index (χ2n) is 5.66. The maximum absolute atomic E-state index is 13.0. The number of hydrogen-bond acceptors (Lipinski definition) is 2. The number of rotatable bonds is 4. The second-order valence-corrected chi connectivity index (χ2v) is 5.66. The summed E-state index contributed by atoms with van der Waals surface area (Å²) in [6, 6.07) is 4.08. The van der Waals surface area contributed by atoms with Crippen LogP contribution in [0.3, 0.4) is 0 Å². The number of hydrogen-bond donors (Lipinski definition) is 0. The lowest BCUT2D eigenvalue weighted by molar-refractivity contribution is -0.137. The molecule has 0 radical (unpaired) electrons. The van der Waals surface area contributed by atoms with Crippen molar-refractivity contribution in [2.75, 3.05) is 24.6 Å². The first-order valence-electron chi connectivity index (χ1n) is 7.12. The van der Waals surface area contributed by atoms with E-state index in [1.807, 2.05) is 4.90 Å². The van der Waals surface area contributed by atoms with E-state index in [4.69, 9.17) is 4.74 Å². The fourth-order valence-electron chi connectivity index (χ4n) is 2.49. The first-order valence-corrected chi connectivity index (χ1v) is 7.12. The largest absolute Gasteiger partial charge is 0.493 e. The van der Waals surface area contributed by atoms with Gasteiger partial charge in [-0.05, 0) is 43.7 Å². The van der Waals surface area contributed by atoms with E-state index in [1.165, 1.54) is 6.07 Å². The summed E-state index contributed by atoms with van der Waals surface area (Å²) in [4.78, 5) is 2.00. The van der Waals surface area contributed by atoms with Gasteiger partial charge in [0.15, 0.2) is 0 Å². The summed E-state index contributed by atoms with van der Waals surface area (Å²) in [5, 5.41) is 0. The first kappa shape index (κ1) is 13.6. The van der Waals surface area contributed by atoms with Gasteiger partial charge in [-0.3, -0.25) is 0 Å². The van der Waals surface area contributed by atoms with E-state index in [-0.39, 0.29) is 0 Å². The molecule has 2 nitrogen and oxygen atoms in total. The van der Waals surface area contributed by atoms with Gasteiger partial charge >= 0.3 is 6.18 Å². The van der Waals surface area contributed by atoms with Crippen molar-refractivity contribution in [1.29, 1.82) is 0 Å². The second kappa shape index (κ2) is 5.19. The van der Waals surface area contributed by atoms with Crippen LogP contribution in [0.25, 0.3) is 0 Å². The van der Waals surface area contributed by atoms with E-state index >= 15 is 0 Å². The van der Waals surface area contributed by atoms with Crippen molar-refractivity contribution in [3.05, 3.63) is 23.8 Å². The number of nitrogens with zero attached hydrogens (tertiary/aromatic N) is 1. The summed E-state index contributed by atoms with van der Waals surface area (Å²) >= 11 is 0. The van der Waals surface area contributed by atoms with E-state index < -0.39 is 11.7 Å². The lowest BCUT2D eigenvalue weighted by Gasteiger charge is -2.20. The smallest absolute Gasteiger partial charge is 0.416 e. The van der Waals surface area contributed by atoms with Crippen LogP contribution in [0.2, 0.25) is 0 Å². The predicted molar refractivity (Wildman–Crippen MR) is 71.1 cm³/mol. The van der Waals surface area contributed by atoms with Gasteiger partial charge in [0.05, 0.1) is 12.2 Å². The molecule has 1 aliphatic carbocycles. The molecule has 2 aliphatic rings. The molecule has 5 heteroatoms. The van der Waals surface area contributed by atoms with Gasteiger partial charge in [0.2, 0.25) is 0 Å². The van der Waals surface area contributed by atoms with Gasteiger partial charge in [0, 0.05) is 24.8 Å². The van der Waals surface area contributed by atoms with Crippen LogP contribution in [0, 0.1) is 5.92 Å². The lowest BCUT2D eigenvalue weighted by Crippen LogP contribution is -2.19. The summed E-state index contributed by atoms with van der Waals surface area (Å²) < 4.78 is 44.5. The molecule has 1 aromatic carbocycles. The minimum Gasteiger partial charge on any atom is -0.493 e. The Morgan fingerprint density at radius 1 is 1.10 bits per heavy atom. The number of alkyl halides is 3. The minimum atomic E-state index is -4.33. The molecule has 0 N–H and O–H groups in total. The van der Waals surface area contributed by atoms with E-state index in [0.29, 0.717) is 24.0 Å². The van der Waals surface area contributed by atoms with Crippen LogP contribution in [-0.2, 0) is 6.18 Å². The Morgan fingerprint density at radius 2 is 1.80 bits per heavy atom. The highest BCUT2D eigenvalue weighted by atomic mass is 19.4. The normalized spacial score (nSPS) is 19.4. The summed E-state index contributed by atoms with van der Waals surface area (Å²) in [5.74, 6) is 0.869. The van der Waals surface area contributed by atoms with Crippen molar-refractivity contribution in [3.8, 4) is 5.75 Å². The molecule has 0 atom stereocenters. The van der Waals surface area contributed by atoms with Crippen LogP contribution in [0.1, 0.15) is 31.2 Å². The van der Waals surface area contributed by atoms with Gasteiger partial charge in [-0.15, -0.1) is 0 Å². The van der Waals surface area contributed by atoms with Crippen molar-refractivity contribution < 1.29 is 17.9 Å². The molecule has 2 fully saturated rings. The third-order valence-electron chi connectivity index (χ3n) is 3.87. The van der Waals surface area contributed by atoms with Gasteiger partial charge in [-0.25, -0.2) is 0 Å². The molecule has 110 valence electrons. The molecule has 1 saturated carbocycles. The molecule has 0 unspecified atom stereocenters. The Balaban J connectivity index is 1.84. The number of ether oxygens (including phenoxy) is 1. The quantitative estimate of drug-likeness (QED) is 0.826. The van der Waals surface area contributed by atoms with Crippen LogP contribution < -0.4 is 9.64 Å². The fraction of sp³-hybridized carbons (Fsp3) is 0.600. The third-order valence-corrected chi connectivity index (χ3v) is 3.87. The molecule has 1 aliphatic heterocycles. The Bertz CT molecular complexity index is 476. The molecule has 1 aromatic rings. The molecule has 3 rings (SSSR count). The average molecular weight is 285 g/mol. The molecule has 0 bridgehead atoms. The highest BCUT2D eigenvalue weighted by Crippen LogP contribution is 2.37. The maximum atomic E-state index is 13.0. The molecular weight excluding hydrogens is 267 g/mol. The topological polar surface area (TPSA) is 12.5 Å². The van der Waals surface area contributed by atoms with Gasteiger partial charge in [-0.1, -0.05) is 0 Å². The van der Waals surface area contributed by atoms with Crippen molar-refractivity contribution in [2.45, 2.75) is 31.9 Å². The number of benzene rings is 1. The van der Waals surface area contributed by atoms with Gasteiger partial charge in [0.25, 0.3) is 0 Å². The molecule has 1 heterocycles. The summed E-state index contributed by atoms with van der Waals surface area (Å²) in [7, 11) is 0. The predicted octanol–water partition coefficient (Wildman–Crippen LogP) is 4.09. The molecule has 0 aromatic heterocycles. The monoisotopic (exact) mass is 285 g/mol. The average Bonchev–Trinajstić information content (AvgIpc) is 3.07. The summed E-state index contributed by atoms with van der Waals surface area (Å²) in [6.45, 7) is 2.17. The van der Waals surface area contributed by atoms with Crippen LogP contribution in [0.4, 0.5) is 18.9 Å². The van der Waals surface area contributed by atoms with Crippen molar-refractivity contribution in [3.63, 3.8) is 0 Å². The molecular formula is C15H18F3NO. The van der Waals surface area contributed by atoms with Crippen LogP contribution >= 0.6 is 0 Å². The fourth-order valence-corrected chi connectivity index (χ4v) is 2.49. The lowest BCUT2D eigenvalue weighted by atomic mass is 10.1. The Morgan fingerprint density at radius 3 is 2.40 bits per heavy atom. The Labute approximate surface area is 116 Å². The molecule has 0 spiro atoms. The number of anilines is 1. The zero-order valence-electron chi connectivity index (χ0n) is 11.2. The summed E-state index contributed by atoms with van der Waals surface area (Å²) in [5.41, 5.74) is 0.0100. The molecule has 0 amide bonds. The first-order chi connectivity index (χ1) is 9.52. The van der Waals surface area contributed by atoms with E-state index in [1.54, 1.807) is 6.07 Å². The molecule has 20 heavy (non-hydrogen) atoms. The van der Waals surface area contributed by atoms with Crippen LogP contribution in [-0.4, -0.2) is 19.7 Å². The Kier molecular flexibility index (Phi) is 3.52. The van der Waals surface area contributed by atoms with Gasteiger partial charge < -0.3 is 9.64 Å². The van der Waals surface area contributed by atoms with Gasteiger partial charge in [0.1, 0.15) is 5.75 Å². The van der Waals surface area contributed by atoms with Crippen LogP contribution in [0.5, 0.6) is 5.75 Å². The zero-order valence-corrected chi connectivity index (χ0v) is 11.2. The minimum absolute atomic E-state index is 0.341. The maximum Gasteiger partial charge on any atom is 0.416 e. The highest BCUT2D eigenvalue weighted by molar-refractivity contribution is 5.54. The Hall–Kier alpha value is -1.39. The van der Waals surface area contributed by atoms with E-state index in [0.717, 1.165) is 44.8 Å². The van der Waals surface area contributed by atoms with Crippen molar-refractivity contribution in [2.24, 2.45) is 5.92 Å². The van der Waals surface area contributed by atoms with E-state index in [9.17, 15) is 13.2 Å². The SMILES string of the molecule is FC(F)(F)c1cc(OCC2CC2)cc(N2CCCC2)c1. The van der Waals surface area contributed by atoms with Crippen molar-refractivity contribution >= 4 is 5.69 Å². The van der Waals surface area contributed by atoms with Crippen LogP contribution in [0.15, 0.2) is 18.2 Å². The standard InChI is InChI=1S/C15H18F3NO/c16-15(17,18)12-7-13(19-5-1-2-6-19)9-14(8-12)20-10-11-3-4-11/h7-9,11H,1-6,10H2. The molecule has 1 saturated heterocycles. The van der Waals surface area contributed by atoms with Gasteiger partial charge in [-0.2, -0.15) is 13.2 Å². The highest BCUT2D eigenvalue weighted by Gasteiger charge is 2.32. The van der Waals surface area contributed by atoms with E-state index in [2.05, 4.69) is 0 Å². The zero-order chi connectivity index (χ0) is 14.2. The third kappa shape index (κ3) is 3.19. The van der Waals surface area contributed by atoms with Crippen molar-refractivity contribution in [1.82, 2.24) is 0 Å². The number of halogens is 3.